The van der Waals surface area contributed by atoms with Gasteiger partial charge in [-0.15, -0.1) is 0 Å². The molecule has 7 heteroatoms. The third kappa shape index (κ3) is 4.34. The molecular weight excluding hydrogens is 326 g/mol. The summed E-state index contributed by atoms with van der Waals surface area (Å²) in [6.07, 6.45) is 1.39. The quantitative estimate of drug-likeness (QED) is 0.875. The number of hydrogen-bond acceptors (Lipinski definition) is 3. The average molecular weight is 338 g/mol. The molecule has 0 spiro atoms. The summed E-state index contributed by atoms with van der Waals surface area (Å²) >= 11 is 5.94. The van der Waals surface area contributed by atoms with Crippen LogP contribution in [-0.2, 0) is 10.0 Å². The lowest BCUT2D eigenvalue weighted by Crippen LogP contribution is -2.09. The van der Waals surface area contributed by atoms with Crippen LogP contribution in [0.3, 0.4) is 0 Å². The molecule has 0 aliphatic heterocycles. The van der Waals surface area contributed by atoms with Gasteiger partial charge >= 0.3 is 5.97 Å². The minimum atomic E-state index is -3.72. The first-order chi connectivity index (χ1) is 10.4. The molecule has 22 heavy (non-hydrogen) atoms. The summed E-state index contributed by atoms with van der Waals surface area (Å²) in [7, 11) is -3.72. The summed E-state index contributed by atoms with van der Waals surface area (Å²) in [5, 5.41) is 10.2. The second-order valence-corrected chi connectivity index (χ2v) is 6.33. The van der Waals surface area contributed by atoms with E-state index in [0.29, 0.717) is 10.6 Å². The fourth-order valence-corrected chi connectivity index (χ4v) is 2.71. The largest absolute Gasteiger partial charge is 0.478 e. The first-order valence-electron chi connectivity index (χ1n) is 6.16. The number of anilines is 1. The van der Waals surface area contributed by atoms with E-state index < -0.39 is 16.0 Å². The number of hydrogen-bond donors (Lipinski definition) is 2. The second-order valence-electron chi connectivity index (χ2n) is 4.35. The molecule has 0 bridgehead atoms. The van der Waals surface area contributed by atoms with Crippen LogP contribution in [0.1, 0.15) is 15.9 Å². The van der Waals surface area contributed by atoms with Gasteiger partial charge in [0.1, 0.15) is 0 Å². The van der Waals surface area contributed by atoms with Gasteiger partial charge in [0.05, 0.1) is 11.0 Å². The van der Waals surface area contributed by atoms with Crippen LogP contribution < -0.4 is 4.72 Å². The number of aromatic carboxylic acids is 1. The average Bonchev–Trinajstić information content (AvgIpc) is 2.46. The lowest BCUT2D eigenvalue weighted by atomic mass is 10.2. The lowest BCUT2D eigenvalue weighted by Gasteiger charge is -2.05. The molecule has 2 aromatic carbocycles. The van der Waals surface area contributed by atoms with E-state index in [1.807, 2.05) is 0 Å². The molecule has 0 saturated carbocycles. The predicted molar refractivity (Wildman–Crippen MR) is 86.4 cm³/mol. The van der Waals surface area contributed by atoms with Gasteiger partial charge in [-0.1, -0.05) is 29.8 Å². The van der Waals surface area contributed by atoms with Gasteiger partial charge in [-0.25, -0.2) is 13.2 Å². The maximum atomic E-state index is 11.9. The first kappa shape index (κ1) is 16.1. The minimum absolute atomic E-state index is 0.0783. The number of sulfonamides is 1. The van der Waals surface area contributed by atoms with Crippen molar-refractivity contribution in [3.63, 3.8) is 0 Å². The van der Waals surface area contributed by atoms with Gasteiger partial charge in [0.25, 0.3) is 10.0 Å². The minimum Gasteiger partial charge on any atom is -0.478 e. The van der Waals surface area contributed by atoms with Crippen LogP contribution in [0.5, 0.6) is 0 Å². The Kier molecular flexibility index (Phi) is 4.85. The standard InChI is InChI=1S/C15H12ClNO4S/c16-14-4-2-1-3-11(14)9-10-22(20,21)17-13-7-5-12(6-8-13)15(18)19/h1-10,17H,(H,18,19). The summed E-state index contributed by atoms with van der Waals surface area (Å²) < 4.78 is 26.2. The van der Waals surface area contributed by atoms with Crippen molar-refractivity contribution in [2.75, 3.05) is 4.72 Å². The first-order valence-corrected chi connectivity index (χ1v) is 8.08. The third-order valence-electron chi connectivity index (χ3n) is 2.72. The van der Waals surface area contributed by atoms with Crippen LogP contribution in [0.15, 0.2) is 53.9 Å². The lowest BCUT2D eigenvalue weighted by molar-refractivity contribution is 0.0697. The number of carboxylic acids is 1. The fourth-order valence-electron chi connectivity index (χ4n) is 1.65. The van der Waals surface area contributed by atoms with E-state index in [2.05, 4.69) is 4.72 Å². The maximum Gasteiger partial charge on any atom is 0.335 e. The number of carbonyl (C=O) groups is 1. The van der Waals surface area contributed by atoms with E-state index in [9.17, 15) is 13.2 Å². The van der Waals surface area contributed by atoms with E-state index in [1.165, 1.54) is 30.3 Å². The van der Waals surface area contributed by atoms with Crippen molar-refractivity contribution < 1.29 is 18.3 Å². The molecule has 2 aromatic rings. The van der Waals surface area contributed by atoms with Crippen molar-refractivity contribution in [3.8, 4) is 0 Å². The Hall–Kier alpha value is -2.31. The van der Waals surface area contributed by atoms with Crippen LogP contribution >= 0.6 is 11.6 Å². The van der Waals surface area contributed by atoms with Crippen molar-refractivity contribution in [1.82, 2.24) is 0 Å². The van der Waals surface area contributed by atoms with Crippen LogP contribution in [0.25, 0.3) is 6.08 Å². The molecule has 0 atom stereocenters. The van der Waals surface area contributed by atoms with Crippen LogP contribution in [0.2, 0.25) is 5.02 Å². The van der Waals surface area contributed by atoms with Gasteiger partial charge in [0.15, 0.2) is 0 Å². The third-order valence-corrected chi connectivity index (χ3v) is 4.08. The molecule has 0 aliphatic carbocycles. The molecule has 0 unspecified atom stereocenters. The zero-order valence-electron chi connectivity index (χ0n) is 11.2. The number of halogens is 1. The Morgan fingerprint density at radius 3 is 2.32 bits per heavy atom. The topological polar surface area (TPSA) is 83.5 Å². The van der Waals surface area contributed by atoms with Crippen LogP contribution in [0.4, 0.5) is 5.69 Å². The van der Waals surface area contributed by atoms with Crippen molar-refractivity contribution in [3.05, 3.63) is 70.1 Å². The zero-order valence-corrected chi connectivity index (χ0v) is 12.8. The second kappa shape index (κ2) is 6.64. The zero-order chi connectivity index (χ0) is 16.2. The predicted octanol–water partition coefficient (Wildman–Crippen LogP) is 3.45. The molecule has 0 amide bonds. The number of carboxylic acid groups (broad SMARTS) is 1. The number of benzene rings is 2. The Morgan fingerprint density at radius 2 is 1.73 bits per heavy atom. The summed E-state index contributed by atoms with van der Waals surface area (Å²) in [4.78, 5) is 10.7. The summed E-state index contributed by atoms with van der Waals surface area (Å²) in [5.74, 6) is -1.08. The van der Waals surface area contributed by atoms with E-state index >= 15 is 0 Å². The van der Waals surface area contributed by atoms with Crippen molar-refractivity contribution in [1.29, 1.82) is 0 Å². The van der Waals surface area contributed by atoms with Gasteiger partial charge in [0, 0.05) is 10.7 Å². The highest BCUT2D eigenvalue weighted by Gasteiger charge is 2.07. The molecule has 0 aliphatic rings. The van der Waals surface area contributed by atoms with Crippen LogP contribution in [-0.4, -0.2) is 19.5 Å². The fraction of sp³-hybridized carbons (Fsp3) is 0. The van der Waals surface area contributed by atoms with Crippen molar-refractivity contribution in [2.24, 2.45) is 0 Å². The molecule has 114 valence electrons. The van der Waals surface area contributed by atoms with E-state index in [-0.39, 0.29) is 11.3 Å². The molecule has 0 heterocycles. The Morgan fingerprint density at radius 1 is 1.09 bits per heavy atom. The monoisotopic (exact) mass is 337 g/mol. The molecule has 5 nitrogen and oxygen atoms in total. The van der Waals surface area contributed by atoms with Gasteiger partial charge in [-0.05, 0) is 42.0 Å². The Balaban J connectivity index is 2.14. The highest BCUT2D eigenvalue weighted by atomic mass is 35.5. The Bertz CT molecular complexity index is 814. The highest BCUT2D eigenvalue weighted by molar-refractivity contribution is 7.95. The van der Waals surface area contributed by atoms with E-state index in [1.54, 1.807) is 24.3 Å². The smallest absolute Gasteiger partial charge is 0.335 e. The summed E-state index contributed by atoms with van der Waals surface area (Å²) in [6.45, 7) is 0. The van der Waals surface area contributed by atoms with E-state index in [4.69, 9.17) is 16.7 Å². The van der Waals surface area contributed by atoms with Crippen molar-refractivity contribution >= 4 is 39.4 Å². The van der Waals surface area contributed by atoms with Crippen molar-refractivity contribution in [2.45, 2.75) is 0 Å². The summed E-state index contributed by atoms with van der Waals surface area (Å²) in [5.41, 5.74) is 0.930. The molecule has 0 saturated heterocycles. The van der Waals surface area contributed by atoms with Gasteiger partial charge in [-0.2, -0.15) is 0 Å². The maximum absolute atomic E-state index is 11.9. The Labute approximate surface area is 132 Å². The molecule has 0 aromatic heterocycles. The summed E-state index contributed by atoms with van der Waals surface area (Å²) in [6, 6.07) is 12.2. The normalized spacial score (nSPS) is 11.5. The molecule has 2 N–H and O–H groups in total. The van der Waals surface area contributed by atoms with Gasteiger partial charge in [0.2, 0.25) is 0 Å². The van der Waals surface area contributed by atoms with Crippen LogP contribution in [0, 0.1) is 0 Å². The molecule has 0 radical (unpaired) electrons. The SMILES string of the molecule is O=C(O)c1ccc(NS(=O)(=O)C=Cc2ccccc2Cl)cc1. The van der Waals surface area contributed by atoms with Gasteiger partial charge < -0.3 is 5.11 Å². The van der Waals surface area contributed by atoms with Gasteiger partial charge in [-0.3, -0.25) is 4.72 Å². The molecular formula is C15H12ClNO4S. The molecule has 0 fully saturated rings. The molecule has 2 rings (SSSR count). The number of rotatable bonds is 5. The van der Waals surface area contributed by atoms with E-state index in [0.717, 1.165) is 5.41 Å². The highest BCUT2D eigenvalue weighted by Crippen LogP contribution is 2.18. The number of nitrogens with one attached hydrogen (secondary N) is 1.